The Bertz CT molecular complexity index is 779. The van der Waals surface area contributed by atoms with Gasteiger partial charge in [0.2, 0.25) is 0 Å². The standard InChI is InChI=1S/C19H19NO4/c1-24-17-12-15(19(22)23)7-8-16(17)13-5-4-6-14(11-13)18(21)20-9-2-3-10-20/h4-8,11-12H,2-3,9-10H2,1H3,(H,22,23). The fourth-order valence-electron chi connectivity index (χ4n) is 2.99. The molecule has 0 atom stereocenters. The van der Waals surface area contributed by atoms with Crippen LogP contribution in [0.3, 0.4) is 0 Å². The molecule has 3 rings (SSSR count). The third-order valence-electron chi connectivity index (χ3n) is 4.26. The molecule has 124 valence electrons. The van der Waals surface area contributed by atoms with Gasteiger partial charge in [-0.25, -0.2) is 4.79 Å². The van der Waals surface area contributed by atoms with Gasteiger partial charge in [0.1, 0.15) is 5.75 Å². The molecule has 1 aliphatic heterocycles. The summed E-state index contributed by atoms with van der Waals surface area (Å²) in [6.07, 6.45) is 2.10. The molecule has 0 saturated carbocycles. The number of carbonyl (C=O) groups is 2. The Hall–Kier alpha value is -2.82. The molecule has 0 aliphatic carbocycles. The first-order valence-electron chi connectivity index (χ1n) is 7.91. The summed E-state index contributed by atoms with van der Waals surface area (Å²) in [5.74, 6) is -0.492. The number of benzene rings is 2. The number of methoxy groups -OCH3 is 1. The van der Waals surface area contributed by atoms with Gasteiger partial charge in [0.15, 0.2) is 0 Å². The predicted molar refractivity (Wildman–Crippen MR) is 90.5 cm³/mol. The number of ether oxygens (including phenoxy) is 1. The minimum Gasteiger partial charge on any atom is -0.496 e. The molecule has 2 aromatic carbocycles. The summed E-state index contributed by atoms with van der Waals surface area (Å²) in [5.41, 5.74) is 2.39. The molecule has 0 spiro atoms. The van der Waals surface area contributed by atoms with Crippen molar-refractivity contribution in [2.75, 3.05) is 20.2 Å². The van der Waals surface area contributed by atoms with Crippen LogP contribution in [-0.2, 0) is 0 Å². The highest BCUT2D eigenvalue weighted by Crippen LogP contribution is 2.31. The van der Waals surface area contributed by atoms with Crippen LogP contribution in [-0.4, -0.2) is 42.1 Å². The Balaban J connectivity index is 1.96. The monoisotopic (exact) mass is 325 g/mol. The van der Waals surface area contributed by atoms with Crippen molar-refractivity contribution < 1.29 is 19.4 Å². The molecule has 5 nitrogen and oxygen atoms in total. The highest BCUT2D eigenvalue weighted by Gasteiger charge is 2.20. The fraction of sp³-hybridized carbons (Fsp3) is 0.263. The maximum atomic E-state index is 12.5. The maximum absolute atomic E-state index is 12.5. The van der Waals surface area contributed by atoms with Crippen LogP contribution >= 0.6 is 0 Å². The lowest BCUT2D eigenvalue weighted by Gasteiger charge is -2.16. The second kappa shape index (κ2) is 6.74. The normalized spacial score (nSPS) is 13.8. The molecule has 0 unspecified atom stereocenters. The van der Waals surface area contributed by atoms with E-state index in [0.29, 0.717) is 11.3 Å². The summed E-state index contributed by atoms with van der Waals surface area (Å²) in [6.45, 7) is 1.61. The largest absolute Gasteiger partial charge is 0.496 e. The molecule has 0 radical (unpaired) electrons. The van der Waals surface area contributed by atoms with Crippen molar-refractivity contribution >= 4 is 11.9 Å². The van der Waals surface area contributed by atoms with E-state index in [1.165, 1.54) is 19.2 Å². The highest BCUT2D eigenvalue weighted by atomic mass is 16.5. The molecule has 0 bridgehead atoms. The van der Waals surface area contributed by atoms with Crippen LogP contribution in [0, 0.1) is 0 Å². The van der Waals surface area contributed by atoms with Gasteiger partial charge in [-0.15, -0.1) is 0 Å². The van der Waals surface area contributed by atoms with Crippen molar-refractivity contribution in [3.8, 4) is 16.9 Å². The van der Waals surface area contributed by atoms with Crippen molar-refractivity contribution in [2.45, 2.75) is 12.8 Å². The first kappa shape index (κ1) is 16.1. The van der Waals surface area contributed by atoms with Crippen LogP contribution in [0.15, 0.2) is 42.5 Å². The second-order valence-electron chi connectivity index (χ2n) is 5.80. The molecule has 2 aromatic rings. The molecular formula is C19H19NO4. The maximum Gasteiger partial charge on any atom is 0.335 e. The van der Waals surface area contributed by atoms with Gasteiger partial charge in [-0.2, -0.15) is 0 Å². The first-order chi connectivity index (χ1) is 11.6. The van der Waals surface area contributed by atoms with E-state index in [2.05, 4.69) is 0 Å². The molecule has 24 heavy (non-hydrogen) atoms. The molecule has 1 aliphatic rings. The van der Waals surface area contributed by atoms with E-state index in [1.54, 1.807) is 6.07 Å². The van der Waals surface area contributed by atoms with Gasteiger partial charge >= 0.3 is 5.97 Å². The minimum atomic E-state index is -1.00. The number of carboxylic acid groups (broad SMARTS) is 1. The first-order valence-corrected chi connectivity index (χ1v) is 7.91. The summed E-state index contributed by atoms with van der Waals surface area (Å²) in [5, 5.41) is 9.10. The van der Waals surface area contributed by atoms with Crippen LogP contribution in [0.2, 0.25) is 0 Å². The average Bonchev–Trinajstić information content (AvgIpc) is 3.15. The van der Waals surface area contributed by atoms with E-state index in [4.69, 9.17) is 9.84 Å². The molecule has 1 N–H and O–H groups in total. The van der Waals surface area contributed by atoms with Gasteiger partial charge in [-0.1, -0.05) is 12.1 Å². The summed E-state index contributed by atoms with van der Waals surface area (Å²) in [4.78, 5) is 25.5. The Morgan fingerprint density at radius 2 is 1.79 bits per heavy atom. The lowest BCUT2D eigenvalue weighted by Crippen LogP contribution is -2.27. The van der Waals surface area contributed by atoms with Crippen molar-refractivity contribution in [3.63, 3.8) is 0 Å². The van der Waals surface area contributed by atoms with E-state index in [-0.39, 0.29) is 11.5 Å². The number of rotatable bonds is 4. The third kappa shape index (κ3) is 3.11. The Morgan fingerprint density at radius 3 is 2.46 bits per heavy atom. The summed E-state index contributed by atoms with van der Waals surface area (Å²) < 4.78 is 5.33. The fourth-order valence-corrected chi connectivity index (χ4v) is 2.99. The van der Waals surface area contributed by atoms with Crippen LogP contribution in [0.4, 0.5) is 0 Å². The zero-order valence-corrected chi connectivity index (χ0v) is 13.5. The Morgan fingerprint density at radius 1 is 1.04 bits per heavy atom. The van der Waals surface area contributed by atoms with E-state index in [0.717, 1.165) is 37.1 Å². The average molecular weight is 325 g/mol. The zero-order chi connectivity index (χ0) is 17.1. The molecular weight excluding hydrogens is 306 g/mol. The SMILES string of the molecule is COc1cc(C(=O)O)ccc1-c1cccc(C(=O)N2CCCC2)c1. The number of hydrogen-bond acceptors (Lipinski definition) is 3. The zero-order valence-electron chi connectivity index (χ0n) is 13.5. The lowest BCUT2D eigenvalue weighted by atomic mass is 10.00. The number of nitrogens with zero attached hydrogens (tertiary/aromatic N) is 1. The third-order valence-corrected chi connectivity index (χ3v) is 4.26. The van der Waals surface area contributed by atoms with Crippen molar-refractivity contribution in [3.05, 3.63) is 53.6 Å². The number of likely N-dealkylation sites (tertiary alicyclic amines) is 1. The summed E-state index contributed by atoms with van der Waals surface area (Å²) in [6, 6.07) is 12.1. The van der Waals surface area contributed by atoms with Crippen molar-refractivity contribution in [1.29, 1.82) is 0 Å². The van der Waals surface area contributed by atoms with Gasteiger partial charge in [0.05, 0.1) is 12.7 Å². The quantitative estimate of drug-likeness (QED) is 0.936. The minimum absolute atomic E-state index is 0.0375. The van der Waals surface area contributed by atoms with Crippen LogP contribution in [0.1, 0.15) is 33.6 Å². The number of amides is 1. The molecule has 1 heterocycles. The van der Waals surface area contributed by atoms with Gasteiger partial charge in [-0.3, -0.25) is 4.79 Å². The molecule has 5 heteroatoms. The molecule has 1 fully saturated rings. The van der Waals surface area contributed by atoms with E-state index in [1.807, 2.05) is 29.2 Å². The highest BCUT2D eigenvalue weighted by molar-refractivity contribution is 5.96. The topological polar surface area (TPSA) is 66.8 Å². The van der Waals surface area contributed by atoms with Gasteiger partial charge in [0.25, 0.3) is 5.91 Å². The van der Waals surface area contributed by atoms with Crippen LogP contribution in [0.5, 0.6) is 5.75 Å². The van der Waals surface area contributed by atoms with Gasteiger partial charge in [0, 0.05) is 24.2 Å². The lowest BCUT2D eigenvalue weighted by molar-refractivity contribution is 0.0695. The van der Waals surface area contributed by atoms with E-state index < -0.39 is 5.97 Å². The molecule has 0 aromatic heterocycles. The number of carboxylic acids is 1. The van der Waals surface area contributed by atoms with Gasteiger partial charge < -0.3 is 14.7 Å². The van der Waals surface area contributed by atoms with Crippen LogP contribution in [0.25, 0.3) is 11.1 Å². The van der Waals surface area contributed by atoms with Crippen molar-refractivity contribution in [1.82, 2.24) is 4.90 Å². The summed E-state index contributed by atoms with van der Waals surface area (Å²) >= 11 is 0. The van der Waals surface area contributed by atoms with E-state index >= 15 is 0 Å². The van der Waals surface area contributed by atoms with E-state index in [9.17, 15) is 9.59 Å². The number of aromatic carboxylic acids is 1. The predicted octanol–water partition coefficient (Wildman–Crippen LogP) is 3.30. The Labute approximate surface area is 140 Å². The Kier molecular flexibility index (Phi) is 4.51. The number of hydrogen-bond donors (Lipinski definition) is 1. The smallest absolute Gasteiger partial charge is 0.335 e. The van der Waals surface area contributed by atoms with Crippen molar-refractivity contribution in [2.24, 2.45) is 0 Å². The summed E-state index contributed by atoms with van der Waals surface area (Å²) in [7, 11) is 1.50. The molecule has 1 amide bonds. The second-order valence-corrected chi connectivity index (χ2v) is 5.80. The van der Waals surface area contributed by atoms with Crippen LogP contribution < -0.4 is 4.74 Å². The number of carbonyl (C=O) groups excluding carboxylic acids is 1. The molecule has 1 saturated heterocycles. The van der Waals surface area contributed by atoms with Gasteiger partial charge in [-0.05, 0) is 48.7 Å².